The van der Waals surface area contributed by atoms with E-state index in [0.29, 0.717) is 0 Å². The Balaban J connectivity index is 1.62. The van der Waals surface area contributed by atoms with Crippen LogP contribution in [0.25, 0.3) is 0 Å². The molecule has 0 radical (unpaired) electrons. The number of aryl methyl sites for hydroxylation is 1. The van der Waals surface area contributed by atoms with Crippen LogP contribution in [0, 0.1) is 6.92 Å². The normalized spacial score (nSPS) is 13.8. The second-order valence-corrected chi connectivity index (χ2v) is 6.06. The van der Waals surface area contributed by atoms with E-state index in [9.17, 15) is 0 Å². The number of nitrogens with one attached hydrogen (secondary N) is 1. The molecular weight excluding hydrogens is 298 g/mol. The van der Waals surface area contributed by atoms with Crippen LogP contribution in [-0.2, 0) is 12.8 Å². The average molecular weight is 323 g/mol. The van der Waals surface area contributed by atoms with Crippen molar-refractivity contribution in [2.45, 2.75) is 19.8 Å². The highest BCUT2D eigenvalue weighted by atomic mass is 16.5. The van der Waals surface area contributed by atoms with Crippen LogP contribution in [-0.4, -0.2) is 33.2 Å². The van der Waals surface area contributed by atoms with Crippen LogP contribution in [0.4, 0.5) is 5.69 Å². The van der Waals surface area contributed by atoms with Crippen LogP contribution >= 0.6 is 0 Å². The average Bonchev–Trinajstić information content (AvgIpc) is 3.04. The first-order chi connectivity index (χ1) is 11.7. The van der Waals surface area contributed by atoms with E-state index in [4.69, 9.17) is 4.74 Å². The minimum Gasteiger partial charge on any atom is -0.496 e. The van der Waals surface area contributed by atoms with Gasteiger partial charge < -0.3 is 15.0 Å². The summed E-state index contributed by atoms with van der Waals surface area (Å²) in [7, 11) is 3.56. The maximum Gasteiger partial charge on any atom is 0.198 e. The Morgan fingerprint density at radius 3 is 2.88 bits per heavy atom. The monoisotopic (exact) mass is 323 g/mol. The van der Waals surface area contributed by atoms with Crippen LogP contribution in [0.3, 0.4) is 0 Å². The van der Waals surface area contributed by atoms with E-state index in [0.717, 1.165) is 37.6 Å². The van der Waals surface area contributed by atoms with Crippen LogP contribution in [0.5, 0.6) is 5.75 Å². The Bertz CT molecular complexity index is 739. The molecule has 0 saturated carbocycles. The van der Waals surface area contributed by atoms with Gasteiger partial charge in [0.05, 0.1) is 7.11 Å². The second kappa shape index (κ2) is 7.39. The summed E-state index contributed by atoms with van der Waals surface area (Å²) < 4.78 is 5.40. The van der Waals surface area contributed by atoms with Crippen LogP contribution in [0.1, 0.15) is 16.7 Å². The molecule has 0 aliphatic carbocycles. The van der Waals surface area contributed by atoms with E-state index in [1.54, 1.807) is 7.11 Å². The zero-order valence-electron chi connectivity index (χ0n) is 14.7. The number of ether oxygens (including phenoxy) is 1. The second-order valence-electron chi connectivity index (χ2n) is 6.06. The number of rotatable bonds is 4. The van der Waals surface area contributed by atoms with E-state index < -0.39 is 0 Å². The van der Waals surface area contributed by atoms with Gasteiger partial charge >= 0.3 is 0 Å². The van der Waals surface area contributed by atoms with Crippen molar-refractivity contribution >= 4 is 11.6 Å². The zero-order chi connectivity index (χ0) is 16.9. The van der Waals surface area contributed by atoms with E-state index in [2.05, 4.69) is 64.6 Å². The van der Waals surface area contributed by atoms with Crippen molar-refractivity contribution in [2.75, 3.05) is 32.1 Å². The van der Waals surface area contributed by atoms with Gasteiger partial charge in [0.1, 0.15) is 5.75 Å². The molecule has 0 spiro atoms. The number of methoxy groups -OCH3 is 1. The number of nitrogens with zero attached hydrogens (tertiary/aromatic N) is 2. The van der Waals surface area contributed by atoms with Gasteiger partial charge in [0, 0.05) is 25.8 Å². The number of aliphatic imine (C=N–C) groups is 1. The summed E-state index contributed by atoms with van der Waals surface area (Å²) in [5.41, 5.74) is 5.09. The highest BCUT2D eigenvalue weighted by Crippen LogP contribution is 2.27. The van der Waals surface area contributed by atoms with E-state index in [1.165, 1.54) is 22.4 Å². The molecule has 1 heterocycles. The van der Waals surface area contributed by atoms with E-state index >= 15 is 0 Å². The summed E-state index contributed by atoms with van der Waals surface area (Å²) in [5, 5.41) is 3.49. The van der Waals surface area contributed by atoms with Gasteiger partial charge in [0.25, 0.3) is 0 Å². The van der Waals surface area contributed by atoms with Crippen molar-refractivity contribution < 1.29 is 4.74 Å². The molecule has 0 bridgehead atoms. The van der Waals surface area contributed by atoms with Crippen molar-refractivity contribution in [3.63, 3.8) is 0 Å². The maximum atomic E-state index is 5.40. The lowest BCUT2D eigenvalue weighted by Gasteiger charge is -2.22. The Kier molecular flexibility index (Phi) is 5.04. The fourth-order valence-corrected chi connectivity index (χ4v) is 3.19. The smallest absolute Gasteiger partial charge is 0.198 e. The van der Waals surface area contributed by atoms with Gasteiger partial charge in [-0.25, -0.2) is 0 Å². The molecule has 4 heteroatoms. The van der Waals surface area contributed by atoms with E-state index in [1.807, 2.05) is 7.05 Å². The molecule has 2 aromatic rings. The highest BCUT2D eigenvalue weighted by molar-refractivity contribution is 5.97. The van der Waals surface area contributed by atoms with Crippen LogP contribution < -0.4 is 15.0 Å². The zero-order valence-corrected chi connectivity index (χ0v) is 14.7. The van der Waals surface area contributed by atoms with E-state index in [-0.39, 0.29) is 0 Å². The lowest BCUT2D eigenvalue weighted by molar-refractivity contribution is 0.411. The minimum atomic E-state index is 0.845. The van der Waals surface area contributed by atoms with Gasteiger partial charge in [-0.3, -0.25) is 4.99 Å². The number of benzene rings is 2. The summed E-state index contributed by atoms with van der Waals surface area (Å²) in [5.74, 6) is 1.89. The third-order valence-electron chi connectivity index (χ3n) is 4.52. The first-order valence-corrected chi connectivity index (χ1v) is 8.42. The summed E-state index contributed by atoms with van der Waals surface area (Å²) in [4.78, 5) is 6.72. The molecule has 4 nitrogen and oxygen atoms in total. The quantitative estimate of drug-likeness (QED) is 0.693. The van der Waals surface area contributed by atoms with Gasteiger partial charge in [-0.2, -0.15) is 0 Å². The lowest BCUT2D eigenvalue weighted by atomic mass is 10.1. The third kappa shape index (κ3) is 3.37. The van der Waals surface area contributed by atoms with Gasteiger partial charge in [-0.15, -0.1) is 0 Å². The molecule has 0 fully saturated rings. The first kappa shape index (κ1) is 16.4. The van der Waals surface area contributed by atoms with Crippen molar-refractivity contribution in [2.24, 2.45) is 4.99 Å². The number of anilines is 1. The molecule has 0 unspecified atom stereocenters. The molecule has 2 aromatic carbocycles. The van der Waals surface area contributed by atoms with Crippen molar-refractivity contribution in [1.82, 2.24) is 5.32 Å². The standard InChI is InChI=1S/C20H25N3O/c1-15-8-9-16(14-19(15)24-3)10-12-22-20(21-2)23-13-11-17-6-4-5-7-18(17)23/h4-9,14H,10-13H2,1-3H3,(H,21,22). The topological polar surface area (TPSA) is 36.9 Å². The molecule has 1 aliphatic rings. The Morgan fingerprint density at radius 1 is 1.25 bits per heavy atom. The van der Waals surface area contributed by atoms with Crippen molar-refractivity contribution in [1.29, 1.82) is 0 Å². The minimum absolute atomic E-state index is 0.845. The van der Waals surface area contributed by atoms with Crippen molar-refractivity contribution in [3.8, 4) is 5.75 Å². The number of hydrogen-bond donors (Lipinski definition) is 1. The highest BCUT2D eigenvalue weighted by Gasteiger charge is 2.22. The lowest BCUT2D eigenvalue weighted by Crippen LogP contribution is -2.41. The Labute approximate surface area is 144 Å². The molecule has 3 rings (SSSR count). The molecule has 0 saturated heterocycles. The predicted molar refractivity (Wildman–Crippen MR) is 100 cm³/mol. The Hall–Kier alpha value is -2.49. The number of hydrogen-bond acceptors (Lipinski definition) is 2. The molecular formula is C20H25N3O. The fourth-order valence-electron chi connectivity index (χ4n) is 3.19. The van der Waals surface area contributed by atoms with Gasteiger partial charge in [0.15, 0.2) is 5.96 Å². The molecule has 1 N–H and O–H groups in total. The summed E-state index contributed by atoms with van der Waals surface area (Å²) >= 11 is 0. The van der Waals surface area contributed by atoms with Gasteiger partial charge in [-0.05, 0) is 48.6 Å². The number of fused-ring (bicyclic) bond motifs is 1. The Morgan fingerprint density at radius 2 is 2.08 bits per heavy atom. The number of guanidine groups is 1. The molecule has 24 heavy (non-hydrogen) atoms. The van der Waals surface area contributed by atoms with Gasteiger partial charge in [-0.1, -0.05) is 30.3 Å². The van der Waals surface area contributed by atoms with Crippen LogP contribution in [0.2, 0.25) is 0 Å². The molecule has 1 aliphatic heterocycles. The maximum absolute atomic E-state index is 5.40. The summed E-state index contributed by atoms with van der Waals surface area (Å²) in [6.45, 7) is 3.89. The molecule has 126 valence electrons. The summed E-state index contributed by atoms with van der Waals surface area (Å²) in [6.07, 6.45) is 2.01. The fraction of sp³-hybridized carbons (Fsp3) is 0.350. The summed E-state index contributed by atoms with van der Waals surface area (Å²) in [6, 6.07) is 14.9. The molecule has 0 amide bonds. The van der Waals surface area contributed by atoms with Gasteiger partial charge in [0.2, 0.25) is 0 Å². The predicted octanol–water partition coefficient (Wildman–Crippen LogP) is 3.18. The number of para-hydroxylation sites is 1. The van der Waals surface area contributed by atoms with Crippen molar-refractivity contribution in [3.05, 3.63) is 59.2 Å². The molecule has 0 aromatic heterocycles. The first-order valence-electron chi connectivity index (χ1n) is 8.42. The largest absolute Gasteiger partial charge is 0.496 e. The third-order valence-corrected chi connectivity index (χ3v) is 4.52. The molecule has 0 atom stereocenters. The SMILES string of the molecule is CN=C(NCCc1ccc(C)c(OC)c1)N1CCc2ccccc21. The van der Waals surface area contributed by atoms with Crippen LogP contribution in [0.15, 0.2) is 47.5 Å².